The molecule has 1 heterocycles. The Morgan fingerprint density at radius 3 is 3.00 bits per heavy atom. The molecule has 1 aromatic rings. The molecule has 1 aliphatic rings. The lowest BCUT2D eigenvalue weighted by molar-refractivity contribution is 0.202. The van der Waals surface area contributed by atoms with Gasteiger partial charge in [-0.05, 0) is 42.9 Å². The molecule has 2 N–H and O–H groups in total. The number of fused-ring (bicyclic) bond motifs is 1. The minimum Gasteiger partial charge on any atom is -0.493 e. The van der Waals surface area contributed by atoms with Crippen molar-refractivity contribution in [1.29, 1.82) is 0 Å². The monoisotopic (exact) mass is 281 g/mol. The van der Waals surface area contributed by atoms with E-state index >= 15 is 0 Å². The highest BCUT2D eigenvalue weighted by atomic mass is 19.1. The van der Waals surface area contributed by atoms with Crippen LogP contribution in [-0.4, -0.2) is 24.9 Å². The molecule has 0 aromatic heterocycles. The molecule has 1 aromatic carbocycles. The van der Waals surface area contributed by atoms with Gasteiger partial charge in [-0.2, -0.15) is 0 Å². The van der Waals surface area contributed by atoms with Crippen molar-refractivity contribution in [2.45, 2.75) is 39.2 Å². The van der Waals surface area contributed by atoms with Gasteiger partial charge in [0.1, 0.15) is 11.6 Å². The quantitative estimate of drug-likeness (QED) is 0.871. The largest absolute Gasteiger partial charge is 0.493 e. The van der Waals surface area contributed by atoms with Crippen molar-refractivity contribution in [2.24, 2.45) is 5.41 Å². The van der Waals surface area contributed by atoms with E-state index in [0.717, 1.165) is 37.1 Å². The summed E-state index contributed by atoms with van der Waals surface area (Å²) < 4.78 is 19.1. The second-order valence-electron chi connectivity index (χ2n) is 6.24. The molecule has 20 heavy (non-hydrogen) atoms. The second kappa shape index (κ2) is 6.55. The van der Waals surface area contributed by atoms with Crippen molar-refractivity contribution in [3.63, 3.8) is 0 Å². The van der Waals surface area contributed by atoms with Crippen LogP contribution < -0.4 is 10.1 Å². The molecule has 1 unspecified atom stereocenters. The van der Waals surface area contributed by atoms with Crippen LogP contribution in [0.1, 0.15) is 44.7 Å². The van der Waals surface area contributed by atoms with E-state index in [1.54, 1.807) is 12.1 Å². The Hall–Kier alpha value is -1.13. The summed E-state index contributed by atoms with van der Waals surface area (Å²) >= 11 is 0. The van der Waals surface area contributed by atoms with Crippen LogP contribution in [0.15, 0.2) is 18.2 Å². The molecule has 3 nitrogen and oxygen atoms in total. The van der Waals surface area contributed by atoms with Crippen molar-refractivity contribution in [2.75, 3.05) is 19.8 Å². The molecule has 112 valence electrons. The zero-order chi connectivity index (χ0) is 14.6. The number of nitrogens with one attached hydrogen (secondary N) is 1. The molecule has 1 aliphatic heterocycles. The zero-order valence-corrected chi connectivity index (χ0v) is 12.3. The average molecular weight is 281 g/mol. The Bertz CT molecular complexity index is 448. The highest BCUT2D eigenvalue weighted by Crippen LogP contribution is 2.33. The summed E-state index contributed by atoms with van der Waals surface area (Å²) in [5.74, 6) is 0.553. The second-order valence-corrected chi connectivity index (χ2v) is 6.24. The Morgan fingerprint density at radius 2 is 2.25 bits per heavy atom. The Balaban J connectivity index is 2.10. The molecular formula is C16H24FNO2. The van der Waals surface area contributed by atoms with Gasteiger partial charge in [0.15, 0.2) is 0 Å². The van der Waals surface area contributed by atoms with Gasteiger partial charge in [-0.3, -0.25) is 0 Å². The maximum absolute atomic E-state index is 13.5. The van der Waals surface area contributed by atoms with Crippen LogP contribution in [-0.2, 0) is 0 Å². The summed E-state index contributed by atoms with van der Waals surface area (Å²) in [5, 5.41) is 12.6. The van der Waals surface area contributed by atoms with Crippen LogP contribution >= 0.6 is 0 Å². The standard InChI is InChI=1S/C16H24FNO2/c1-16(2,7-8-19)11-18-14-4-3-9-20-15-6-5-12(17)10-13(14)15/h5-6,10,14,18-19H,3-4,7-9,11H2,1-2H3. The van der Waals surface area contributed by atoms with Gasteiger partial charge < -0.3 is 15.2 Å². The molecule has 0 bridgehead atoms. The topological polar surface area (TPSA) is 41.5 Å². The summed E-state index contributed by atoms with van der Waals surface area (Å²) in [7, 11) is 0. The first-order chi connectivity index (χ1) is 9.52. The van der Waals surface area contributed by atoms with E-state index < -0.39 is 0 Å². The summed E-state index contributed by atoms with van der Waals surface area (Å²) in [6.07, 6.45) is 2.64. The van der Waals surface area contributed by atoms with Crippen molar-refractivity contribution < 1.29 is 14.2 Å². The van der Waals surface area contributed by atoms with E-state index in [9.17, 15) is 4.39 Å². The van der Waals surface area contributed by atoms with Gasteiger partial charge in [0.05, 0.1) is 6.61 Å². The number of aliphatic hydroxyl groups excluding tert-OH is 1. The number of hydrogen-bond donors (Lipinski definition) is 2. The van der Waals surface area contributed by atoms with Crippen LogP contribution in [0.5, 0.6) is 5.75 Å². The van der Waals surface area contributed by atoms with E-state index in [2.05, 4.69) is 19.2 Å². The highest BCUT2D eigenvalue weighted by Gasteiger charge is 2.23. The number of halogens is 1. The highest BCUT2D eigenvalue weighted by molar-refractivity contribution is 5.37. The van der Waals surface area contributed by atoms with Gasteiger partial charge in [-0.1, -0.05) is 13.8 Å². The molecule has 0 saturated carbocycles. The van der Waals surface area contributed by atoms with E-state index in [1.807, 2.05) is 0 Å². The van der Waals surface area contributed by atoms with Crippen molar-refractivity contribution in [3.05, 3.63) is 29.6 Å². The first-order valence-corrected chi connectivity index (χ1v) is 7.28. The third-order valence-electron chi connectivity index (χ3n) is 3.86. The fraction of sp³-hybridized carbons (Fsp3) is 0.625. The first-order valence-electron chi connectivity index (χ1n) is 7.28. The number of aliphatic hydroxyl groups is 1. The van der Waals surface area contributed by atoms with Gasteiger partial charge >= 0.3 is 0 Å². The molecular weight excluding hydrogens is 257 g/mol. The first kappa shape index (κ1) is 15.3. The maximum atomic E-state index is 13.5. The fourth-order valence-corrected chi connectivity index (χ4v) is 2.55. The van der Waals surface area contributed by atoms with Crippen LogP contribution in [0.25, 0.3) is 0 Å². The summed E-state index contributed by atoms with van der Waals surface area (Å²) in [4.78, 5) is 0. The van der Waals surface area contributed by atoms with Crippen LogP contribution in [0.2, 0.25) is 0 Å². The van der Waals surface area contributed by atoms with Crippen molar-refractivity contribution in [3.8, 4) is 5.75 Å². The molecule has 1 atom stereocenters. The minimum atomic E-state index is -0.226. The zero-order valence-electron chi connectivity index (χ0n) is 12.3. The molecule has 2 rings (SSSR count). The predicted molar refractivity (Wildman–Crippen MR) is 77.4 cm³/mol. The normalized spacial score (nSPS) is 19.1. The third kappa shape index (κ3) is 3.93. The molecule has 0 aliphatic carbocycles. The smallest absolute Gasteiger partial charge is 0.124 e. The SMILES string of the molecule is CC(C)(CCO)CNC1CCCOc2ccc(F)cc21. The number of hydrogen-bond acceptors (Lipinski definition) is 3. The van der Waals surface area contributed by atoms with E-state index in [1.165, 1.54) is 6.07 Å². The third-order valence-corrected chi connectivity index (χ3v) is 3.86. The van der Waals surface area contributed by atoms with Gasteiger partial charge in [0.25, 0.3) is 0 Å². The average Bonchev–Trinajstić information content (AvgIpc) is 2.58. The maximum Gasteiger partial charge on any atom is 0.124 e. The summed E-state index contributed by atoms with van der Waals surface area (Å²) in [6.45, 7) is 5.89. The minimum absolute atomic E-state index is 0.0232. The molecule has 4 heteroatoms. The van der Waals surface area contributed by atoms with E-state index in [0.29, 0.717) is 6.61 Å². The van der Waals surface area contributed by atoms with Gasteiger partial charge in [-0.25, -0.2) is 4.39 Å². The summed E-state index contributed by atoms with van der Waals surface area (Å²) in [5.41, 5.74) is 0.928. The number of ether oxygens (including phenoxy) is 1. The number of rotatable bonds is 5. The lowest BCUT2D eigenvalue weighted by atomic mass is 9.89. The van der Waals surface area contributed by atoms with Gasteiger partial charge in [0.2, 0.25) is 0 Å². The molecule has 0 saturated heterocycles. The molecule has 0 spiro atoms. The van der Waals surface area contributed by atoms with Crippen molar-refractivity contribution >= 4 is 0 Å². The van der Waals surface area contributed by atoms with Crippen LogP contribution in [0, 0.1) is 11.2 Å². The predicted octanol–water partition coefficient (Wildman–Crippen LogP) is 3.04. The molecule has 0 amide bonds. The molecule has 0 radical (unpaired) electrons. The molecule has 0 fully saturated rings. The Morgan fingerprint density at radius 1 is 1.45 bits per heavy atom. The van der Waals surface area contributed by atoms with Crippen molar-refractivity contribution in [1.82, 2.24) is 5.32 Å². The summed E-state index contributed by atoms with van der Waals surface area (Å²) in [6, 6.07) is 4.83. The van der Waals surface area contributed by atoms with Gasteiger partial charge in [0, 0.05) is 24.8 Å². The van der Waals surface area contributed by atoms with Gasteiger partial charge in [-0.15, -0.1) is 0 Å². The lowest BCUT2D eigenvalue weighted by Crippen LogP contribution is -2.33. The Kier molecular flexibility index (Phi) is 5.00. The number of benzene rings is 1. The van der Waals surface area contributed by atoms with E-state index in [4.69, 9.17) is 9.84 Å². The van der Waals surface area contributed by atoms with Crippen LogP contribution in [0.3, 0.4) is 0 Å². The Labute approximate surface area is 120 Å². The van der Waals surface area contributed by atoms with E-state index in [-0.39, 0.29) is 23.9 Å². The van der Waals surface area contributed by atoms with Crippen LogP contribution in [0.4, 0.5) is 4.39 Å². The fourth-order valence-electron chi connectivity index (χ4n) is 2.55. The lowest BCUT2D eigenvalue weighted by Gasteiger charge is -2.28.